The van der Waals surface area contributed by atoms with Crippen molar-refractivity contribution >= 4 is 23.0 Å². The van der Waals surface area contributed by atoms with Gasteiger partial charge in [0, 0.05) is 40.5 Å². The number of carbonyl (C=O) groups is 1. The number of nitrogens with zero attached hydrogens (tertiary/aromatic N) is 1. The zero-order valence-electron chi connectivity index (χ0n) is 42.9. The number of thiophene rings is 1. The molecule has 10 aromatic rings. The molecular formula is C67H65NO3S. The number of hydrogen-bond acceptors (Lipinski definition) is 5. The van der Waals surface area contributed by atoms with Crippen LogP contribution in [0.15, 0.2) is 229 Å². The molecule has 0 saturated carbocycles. The lowest BCUT2D eigenvalue weighted by molar-refractivity contribution is -0.140. The number of carbonyl (C=O) groups excluding carboxylic acids is 1. The fraction of sp³-hybridized carbons (Fsp3) is 0.149. The van der Waals surface area contributed by atoms with Crippen LogP contribution in [-0.4, -0.2) is 26.2 Å². The van der Waals surface area contributed by atoms with Crippen LogP contribution in [0, 0.1) is 41.5 Å². The predicted octanol–water partition coefficient (Wildman–Crippen LogP) is 18.3. The Morgan fingerprint density at radius 2 is 0.681 bits per heavy atom. The maximum Gasteiger partial charge on any atom is 0.302 e. The van der Waals surface area contributed by atoms with E-state index in [0.29, 0.717) is 13.2 Å². The Morgan fingerprint density at radius 1 is 0.389 bits per heavy atom. The van der Waals surface area contributed by atoms with Crippen molar-refractivity contribution in [3.63, 3.8) is 0 Å². The van der Waals surface area contributed by atoms with Crippen LogP contribution >= 0.6 is 11.3 Å². The van der Waals surface area contributed by atoms with E-state index >= 15 is 0 Å². The minimum Gasteiger partial charge on any atom is -0.464 e. The molecule has 0 radical (unpaired) electrons. The maximum absolute atomic E-state index is 10.5. The number of likely N-dealkylation sites (N-methyl/N-ethyl adjacent to an activating group) is 1. The van der Waals surface area contributed by atoms with E-state index < -0.39 is 0 Å². The molecule has 0 bridgehead atoms. The van der Waals surface area contributed by atoms with Crippen LogP contribution in [0.2, 0.25) is 0 Å². The first kappa shape index (κ1) is 51.8. The van der Waals surface area contributed by atoms with Crippen molar-refractivity contribution in [1.29, 1.82) is 0 Å². The lowest BCUT2D eigenvalue weighted by Gasteiger charge is -2.18. The van der Waals surface area contributed by atoms with Crippen LogP contribution in [0.3, 0.4) is 0 Å². The first-order valence-electron chi connectivity index (χ1n) is 24.5. The Bertz CT molecular complexity index is 2880. The minimum atomic E-state index is -0.230. The molecule has 0 amide bonds. The molecule has 10 rings (SSSR count). The van der Waals surface area contributed by atoms with Crippen LogP contribution in [0.1, 0.15) is 40.3 Å². The van der Waals surface area contributed by atoms with Gasteiger partial charge in [-0.15, -0.1) is 11.3 Å². The van der Waals surface area contributed by atoms with Gasteiger partial charge in [0.15, 0.2) is 0 Å². The number of rotatable bonds is 10. The fourth-order valence-electron chi connectivity index (χ4n) is 7.65. The van der Waals surface area contributed by atoms with Crippen molar-refractivity contribution in [3.05, 3.63) is 258 Å². The minimum absolute atomic E-state index is 0.230. The second kappa shape index (κ2) is 25.7. The molecule has 8 aromatic carbocycles. The fourth-order valence-corrected chi connectivity index (χ4v) is 8.67. The summed E-state index contributed by atoms with van der Waals surface area (Å²) in [5.74, 6) is 1.60. The summed E-state index contributed by atoms with van der Waals surface area (Å²) < 4.78 is 10.8. The first-order chi connectivity index (χ1) is 34.9. The molecule has 5 heteroatoms. The summed E-state index contributed by atoms with van der Waals surface area (Å²) in [6.45, 7) is 15.2. The van der Waals surface area contributed by atoms with Gasteiger partial charge in [0.1, 0.15) is 18.1 Å². The molecule has 2 aromatic heterocycles. The van der Waals surface area contributed by atoms with E-state index in [1.54, 1.807) is 0 Å². The van der Waals surface area contributed by atoms with Crippen LogP contribution in [0.5, 0.6) is 0 Å². The third-order valence-corrected chi connectivity index (χ3v) is 13.3. The molecule has 0 atom stereocenters. The van der Waals surface area contributed by atoms with Gasteiger partial charge < -0.3 is 14.1 Å². The number of esters is 1. The summed E-state index contributed by atoms with van der Waals surface area (Å²) in [5, 5.41) is 0. The largest absolute Gasteiger partial charge is 0.464 e. The van der Waals surface area contributed by atoms with Crippen molar-refractivity contribution in [2.75, 3.05) is 25.1 Å². The molecule has 0 aliphatic carbocycles. The normalized spacial score (nSPS) is 10.4. The van der Waals surface area contributed by atoms with Crippen molar-refractivity contribution in [3.8, 4) is 65.8 Å². The highest BCUT2D eigenvalue weighted by molar-refractivity contribution is 7.18. The van der Waals surface area contributed by atoms with Crippen LogP contribution in [0.4, 0.5) is 5.69 Å². The van der Waals surface area contributed by atoms with Crippen molar-refractivity contribution in [1.82, 2.24) is 0 Å². The molecule has 2 heterocycles. The monoisotopic (exact) mass is 963 g/mol. The molecule has 0 aliphatic heterocycles. The summed E-state index contributed by atoms with van der Waals surface area (Å²) in [5.41, 5.74) is 18.7. The van der Waals surface area contributed by atoms with E-state index in [0.717, 1.165) is 28.3 Å². The van der Waals surface area contributed by atoms with E-state index in [-0.39, 0.29) is 5.97 Å². The summed E-state index contributed by atoms with van der Waals surface area (Å²) in [7, 11) is 1.97. The molecule has 0 fully saturated rings. The summed E-state index contributed by atoms with van der Waals surface area (Å²) >= 11 is 1.85. The Balaban J connectivity index is 0.000000142. The summed E-state index contributed by atoms with van der Waals surface area (Å²) in [6, 6.07) is 78.8. The van der Waals surface area contributed by atoms with Gasteiger partial charge in [-0.1, -0.05) is 221 Å². The second-order valence-corrected chi connectivity index (χ2v) is 19.3. The van der Waals surface area contributed by atoms with Crippen LogP contribution in [-0.2, 0) is 9.53 Å². The Labute approximate surface area is 431 Å². The van der Waals surface area contributed by atoms with Crippen molar-refractivity contribution in [2.24, 2.45) is 0 Å². The lowest BCUT2D eigenvalue weighted by Crippen LogP contribution is -2.23. The highest BCUT2D eigenvalue weighted by atomic mass is 32.1. The van der Waals surface area contributed by atoms with Gasteiger partial charge in [0.05, 0.1) is 6.54 Å². The maximum atomic E-state index is 10.5. The topological polar surface area (TPSA) is 42.7 Å². The van der Waals surface area contributed by atoms with E-state index in [1.165, 1.54) is 83.4 Å². The zero-order valence-corrected chi connectivity index (χ0v) is 43.7. The standard InChI is InChI=1S/C20H18.C18H16O.C18H16S.C11H15NO2/c1-15-3-7-17(8-4-15)19-11-13-20(14-12-19)18-9-5-16(2)6-10-18;2*1-13-3-7-15(8-4-13)17-11-12-18(19-17)16-9-5-14(2)6-10-16;1-10(13)14-9-8-12(2)11-6-4-3-5-7-11/h3-14H,1-2H3;2*3-12H,1-2H3;3-7H,8-9H2,1-2H3. The van der Waals surface area contributed by atoms with Gasteiger partial charge in [-0.3, -0.25) is 4.79 Å². The van der Waals surface area contributed by atoms with Gasteiger partial charge in [-0.25, -0.2) is 0 Å². The molecule has 0 unspecified atom stereocenters. The van der Waals surface area contributed by atoms with E-state index in [2.05, 4.69) is 224 Å². The molecule has 0 aliphatic rings. The third kappa shape index (κ3) is 15.5. The smallest absolute Gasteiger partial charge is 0.302 e. The van der Waals surface area contributed by atoms with Gasteiger partial charge in [-0.2, -0.15) is 0 Å². The van der Waals surface area contributed by atoms with Gasteiger partial charge >= 0.3 is 5.97 Å². The highest BCUT2D eigenvalue weighted by Crippen LogP contribution is 2.35. The SMILES string of the molecule is CC(=O)OCCN(C)c1ccccc1.Cc1ccc(-c2ccc(-c3ccc(C)cc3)cc2)cc1.Cc1ccc(-c2ccc(-c3ccc(C)cc3)o2)cc1.Cc1ccc(-c2ccc(-c3ccc(C)cc3)s2)cc1. The van der Waals surface area contributed by atoms with Crippen molar-refractivity contribution in [2.45, 2.75) is 48.5 Å². The molecule has 0 saturated heterocycles. The van der Waals surface area contributed by atoms with Gasteiger partial charge in [-0.05, 0) is 111 Å². The summed E-state index contributed by atoms with van der Waals surface area (Å²) in [4.78, 5) is 15.2. The zero-order chi connectivity index (χ0) is 50.8. The first-order valence-corrected chi connectivity index (χ1v) is 25.3. The van der Waals surface area contributed by atoms with Crippen LogP contribution < -0.4 is 4.90 Å². The number of aryl methyl sites for hydroxylation is 6. The summed E-state index contributed by atoms with van der Waals surface area (Å²) in [6.07, 6.45) is 0. The Hall–Kier alpha value is -7.99. The number of para-hydroxylation sites is 1. The van der Waals surface area contributed by atoms with Crippen molar-refractivity contribution < 1.29 is 13.9 Å². The molecule has 72 heavy (non-hydrogen) atoms. The quantitative estimate of drug-likeness (QED) is 0.128. The average Bonchev–Trinajstić information content (AvgIpc) is 4.11. The predicted molar refractivity (Wildman–Crippen MR) is 307 cm³/mol. The van der Waals surface area contributed by atoms with Gasteiger partial charge in [0.2, 0.25) is 0 Å². The number of anilines is 1. The molecule has 0 spiro atoms. The number of hydrogen-bond donors (Lipinski definition) is 0. The van der Waals surface area contributed by atoms with Gasteiger partial charge in [0.25, 0.3) is 0 Å². The number of ether oxygens (including phenoxy) is 1. The third-order valence-electron chi connectivity index (χ3n) is 12.1. The molecule has 0 N–H and O–H groups in total. The molecular weight excluding hydrogens is 899 g/mol. The Kier molecular flexibility index (Phi) is 18.5. The molecule has 4 nitrogen and oxygen atoms in total. The average molecular weight is 964 g/mol. The second-order valence-electron chi connectivity index (χ2n) is 18.2. The van der Waals surface area contributed by atoms with E-state index in [9.17, 15) is 4.79 Å². The van der Waals surface area contributed by atoms with Crippen LogP contribution in [0.25, 0.3) is 65.8 Å². The number of benzene rings is 8. The highest BCUT2D eigenvalue weighted by Gasteiger charge is 2.08. The Morgan fingerprint density at radius 3 is 1.00 bits per heavy atom. The lowest BCUT2D eigenvalue weighted by atomic mass is 9.99. The number of furan rings is 1. The molecule has 362 valence electrons. The van der Waals surface area contributed by atoms with E-state index in [1.807, 2.05) is 65.7 Å². The van der Waals surface area contributed by atoms with E-state index in [4.69, 9.17) is 9.15 Å².